The molecule has 0 saturated carbocycles. The maximum Gasteiger partial charge on any atom is 0.261 e. The highest BCUT2D eigenvalue weighted by Gasteiger charge is 2.21. The van der Waals surface area contributed by atoms with Gasteiger partial charge in [-0.05, 0) is 43.0 Å². The van der Waals surface area contributed by atoms with Crippen LogP contribution in [0.3, 0.4) is 0 Å². The lowest BCUT2D eigenvalue weighted by Crippen LogP contribution is -2.20. The summed E-state index contributed by atoms with van der Waals surface area (Å²) in [4.78, 5) is 29.0. The van der Waals surface area contributed by atoms with Crippen LogP contribution < -0.4 is 15.4 Å². The molecule has 0 bridgehead atoms. The lowest BCUT2D eigenvalue weighted by Gasteiger charge is -2.17. The summed E-state index contributed by atoms with van der Waals surface area (Å²) in [5, 5.41) is 13.4. The molecule has 36 heavy (non-hydrogen) atoms. The predicted molar refractivity (Wildman–Crippen MR) is 141 cm³/mol. The van der Waals surface area contributed by atoms with Gasteiger partial charge in [-0.2, -0.15) is 17.7 Å². The Bertz CT molecular complexity index is 1430. The number of aromatic amines is 1. The molecule has 4 rings (SSSR count). The molecular formula is C24H20Cl2FN5O3S. The van der Waals surface area contributed by atoms with Gasteiger partial charge >= 0.3 is 0 Å². The Morgan fingerprint density at radius 2 is 1.92 bits per heavy atom. The molecule has 12 heteroatoms. The van der Waals surface area contributed by atoms with E-state index in [1.807, 2.05) is 0 Å². The van der Waals surface area contributed by atoms with Gasteiger partial charge in [0.15, 0.2) is 5.82 Å². The van der Waals surface area contributed by atoms with Crippen molar-refractivity contribution in [1.82, 2.24) is 15.2 Å². The summed E-state index contributed by atoms with van der Waals surface area (Å²) in [6, 6.07) is 9.09. The fourth-order valence-electron chi connectivity index (χ4n) is 3.58. The van der Waals surface area contributed by atoms with E-state index in [0.29, 0.717) is 38.0 Å². The van der Waals surface area contributed by atoms with Crippen LogP contribution in [0.25, 0.3) is 10.9 Å². The minimum atomic E-state index is -0.792. The quantitative estimate of drug-likeness (QED) is 0.200. The molecule has 0 unspecified atom stereocenters. The Kier molecular flexibility index (Phi) is 7.97. The topological polar surface area (TPSA) is 109 Å². The normalized spacial score (nSPS) is 11.8. The van der Waals surface area contributed by atoms with Crippen molar-refractivity contribution < 1.29 is 18.7 Å². The van der Waals surface area contributed by atoms with Crippen LogP contribution in [-0.4, -0.2) is 32.7 Å². The second-order valence-electron chi connectivity index (χ2n) is 7.69. The Balaban J connectivity index is 1.59. The number of amides is 2. The molecule has 0 aliphatic rings. The van der Waals surface area contributed by atoms with Crippen LogP contribution >= 0.6 is 35.8 Å². The summed E-state index contributed by atoms with van der Waals surface area (Å²) in [5.74, 6) is -1.03. The standard InChI is InChI=1S/C24H20Cl2FN5O3S/c1-12(21-15(25)10-28-11-16(21)26)35-13-5-6-18-14(9-13)23(32-31-18)30-24(34)22-17(27)3-2-4-19(22)29-20(33)7-8-36/h2-6,9-12,36H,7-8H2,1H3,(H,29,33)(H2,30,31,32,34)/t12-/m1/s1. The highest BCUT2D eigenvalue weighted by Crippen LogP contribution is 2.34. The zero-order chi connectivity index (χ0) is 25.8. The van der Waals surface area contributed by atoms with Crippen LogP contribution in [-0.2, 0) is 4.79 Å². The van der Waals surface area contributed by atoms with Gasteiger partial charge in [-0.1, -0.05) is 29.3 Å². The number of ether oxygens (including phenoxy) is 1. The van der Waals surface area contributed by atoms with Crippen molar-refractivity contribution >= 4 is 70.1 Å². The number of benzene rings is 2. The second-order valence-corrected chi connectivity index (χ2v) is 8.96. The highest BCUT2D eigenvalue weighted by atomic mass is 35.5. The third-order valence-corrected chi connectivity index (χ3v) is 6.06. The van der Waals surface area contributed by atoms with Gasteiger partial charge in [0.05, 0.1) is 26.8 Å². The number of hydrogen-bond acceptors (Lipinski definition) is 6. The van der Waals surface area contributed by atoms with E-state index in [1.165, 1.54) is 24.5 Å². The zero-order valence-corrected chi connectivity index (χ0v) is 21.2. The fourth-order valence-corrected chi connectivity index (χ4v) is 4.45. The highest BCUT2D eigenvalue weighted by molar-refractivity contribution is 7.80. The minimum Gasteiger partial charge on any atom is -0.486 e. The van der Waals surface area contributed by atoms with Gasteiger partial charge in [-0.15, -0.1) is 0 Å². The molecule has 8 nitrogen and oxygen atoms in total. The monoisotopic (exact) mass is 547 g/mol. The third kappa shape index (κ3) is 5.56. The number of pyridine rings is 1. The van der Waals surface area contributed by atoms with E-state index in [-0.39, 0.29) is 29.4 Å². The molecule has 186 valence electrons. The van der Waals surface area contributed by atoms with Crippen LogP contribution in [0.1, 0.15) is 35.4 Å². The molecule has 0 saturated heterocycles. The first-order valence-corrected chi connectivity index (χ1v) is 12.1. The molecule has 0 radical (unpaired) electrons. The Hall–Kier alpha value is -3.34. The number of H-pyrrole nitrogens is 1. The number of thiol groups is 1. The number of anilines is 2. The summed E-state index contributed by atoms with van der Waals surface area (Å²) in [7, 11) is 0. The lowest BCUT2D eigenvalue weighted by molar-refractivity contribution is -0.115. The average molecular weight is 548 g/mol. The number of carbonyl (C=O) groups is 2. The van der Waals surface area contributed by atoms with E-state index in [0.717, 1.165) is 6.07 Å². The minimum absolute atomic E-state index is 0.0445. The van der Waals surface area contributed by atoms with E-state index in [4.69, 9.17) is 27.9 Å². The van der Waals surface area contributed by atoms with Crippen molar-refractivity contribution in [3.8, 4) is 5.75 Å². The van der Waals surface area contributed by atoms with Crippen molar-refractivity contribution in [3.63, 3.8) is 0 Å². The summed E-state index contributed by atoms with van der Waals surface area (Å²) >= 11 is 16.5. The van der Waals surface area contributed by atoms with Crippen molar-refractivity contribution in [2.75, 3.05) is 16.4 Å². The largest absolute Gasteiger partial charge is 0.486 e. The molecular weight excluding hydrogens is 528 g/mol. The van der Waals surface area contributed by atoms with Gasteiger partial charge in [0, 0.05) is 29.8 Å². The molecule has 3 N–H and O–H groups in total. The number of fused-ring (bicyclic) bond motifs is 1. The smallest absolute Gasteiger partial charge is 0.261 e. The molecule has 0 spiro atoms. The van der Waals surface area contributed by atoms with Crippen molar-refractivity contribution in [3.05, 3.63) is 75.8 Å². The summed E-state index contributed by atoms with van der Waals surface area (Å²) in [6.45, 7) is 1.79. The van der Waals surface area contributed by atoms with E-state index in [1.54, 1.807) is 25.1 Å². The van der Waals surface area contributed by atoms with Crippen LogP contribution in [0, 0.1) is 5.82 Å². The maximum absolute atomic E-state index is 14.6. The molecule has 2 amide bonds. The van der Waals surface area contributed by atoms with E-state index >= 15 is 0 Å². The Labute approximate surface area is 220 Å². The zero-order valence-electron chi connectivity index (χ0n) is 18.8. The van der Waals surface area contributed by atoms with Gasteiger partial charge in [0.25, 0.3) is 5.91 Å². The van der Waals surface area contributed by atoms with Crippen LogP contribution in [0.15, 0.2) is 48.8 Å². The van der Waals surface area contributed by atoms with Crippen LogP contribution in [0.4, 0.5) is 15.9 Å². The van der Waals surface area contributed by atoms with E-state index in [9.17, 15) is 14.0 Å². The summed E-state index contributed by atoms with van der Waals surface area (Å²) < 4.78 is 20.6. The molecule has 2 aromatic heterocycles. The number of halogens is 3. The average Bonchev–Trinajstić information content (AvgIpc) is 3.21. The number of nitrogens with one attached hydrogen (secondary N) is 3. The fraction of sp³-hybridized carbons (Fsp3) is 0.167. The molecule has 4 aromatic rings. The number of nitrogens with zero attached hydrogens (tertiary/aromatic N) is 2. The summed E-state index contributed by atoms with van der Waals surface area (Å²) in [6.07, 6.45) is 2.57. The number of aromatic nitrogens is 3. The van der Waals surface area contributed by atoms with E-state index < -0.39 is 17.8 Å². The Morgan fingerprint density at radius 1 is 1.17 bits per heavy atom. The first kappa shape index (κ1) is 25.7. The lowest BCUT2D eigenvalue weighted by atomic mass is 10.1. The molecule has 0 aliphatic heterocycles. The Morgan fingerprint density at radius 3 is 2.64 bits per heavy atom. The number of hydrogen-bond donors (Lipinski definition) is 4. The maximum atomic E-state index is 14.6. The molecule has 0 aliphatic carbocycles. The van der Waals surface area contributed by atoms with Gasteiger partial charge in [0.1, 0.15) is 17.7 Å². The van der Waals surface area contributed by atoms with Crippen LogP contribution in [0.2, 0.25) is 10.0 Å². The van der Waals surface area contributed by atoms with Crippen molar-refractivity contribution in [2.24, 2.45) is 0 Å². The molecule has 2 aromatic carbocycles. The van der Waals surface area contributed by atoms with Gasteiger partial charge in [-0.25, -0.2) is 4.39 Å². The first-order valence-electron chi connectivity index (χ1n) is 10.7. The first-order chi connectivity index (χ1) is 17.3. The summed E-state index contributed by atoms with van der Waals surface area (Å²) in [5.41, 5.74) is 0.926. The number of rotatable bonds is 8. The third-order valence-electron chi connectivity index (χ3n) is 5.23. The molecule has 1 atom stereocenters. The van der Waals surface area contributed by atoms with Crippen molar-refractivity contribution in [1.29, 1.82) is 0 Å². The van der Waals surface area contributed by atoms with Gasteiger partial charge in [0.2, 0.25) is 5.91 Å². The second kappa shape index (κ2) is 11.2. The number of carbonyl (C=O) groups excluding carboxylic acids is 2. The molecule has 2 heterocycles. The van der Waals surface area contributed by atoms with E-state index in [2.05, 4.69) is 38.4 Å². The van der Waals surface area contributed by atoms with Gasteiger partial charge in [-0.3, -0.25) is 19.7 Å². The van der Waals surface area contributed by atoms with Crippen LogP contribution in [0.5, 0.6) is 5.75 Å². The predicted octanol–water partition coefficient (Wildman–Crippen LogP) is 6.05. The molecule has 0 fully saturated rings. The van der Waals surface area contributed by atoms with Gasteiger partial charge < -0.3 is 15.4 Å². The van der Waals surface area contributed by atoms with Crippen molar-refractivity contribution in [2.45, 2.75) is 19.4 Å². The SMILES string of the molecule is C[C@@H](Oc1ccc2[nH]nc(NC(=O)c3c(F)cccc3NC(=O)CCS)c2c1)c1c(Cl)cncc1Cl.